The van der Waals surface area contributed by atoms with E-state index in [0.717, 1.165) is 12.0 Å². The molecule has 0 aliphatic rings. The molecule has 0 aliphatic carbocycles. The van der Waals surface area contributed by atoms with Gasteiger partial charge < -0.3 is 9.63 Å². The second kappa shape index (κ2) is 4.13. The highest BCUT2D eigenvalue weighted by Crippen LogP contribution is 2.12. The minimum absolute atomic E-state index is 0.286. The third kappa shape index (κ3) is 2.56. The van der Waals surface area contributed by atoms with Gasteiger partial charge in [-0.05, 0) is 31.0 Å². The third-order valence-electron chi connectivity index (χ3n) is 2.11. The molecule has 2 rings (SSSR count). The van der Waals surface area contributed by atoms with E-state index in [2.05, 4.69) is 10.1 Å². The van der Waals surface area contributed by atoms with Crippen LogP contribution in [0.3, 0.4) is 0 Å². The van der Waals surface area contributed by atoms with Crippen molar-refractivity contribution in [1.82, 2.24) is 10.1 Å². The predicted octanol–water partition coefficient (Wildman–Crippen LogP) is 1.87. The Morgan fingerprint density at radius 2 is 2.20 bits per heavy atom. The van der Waals surface area contributed by atoms with Gasteiger partial charge in [0.1, 0.15) is 5.75 Å². The quantitative estimate of drug-likeness (QED) is 0.829. The molecule has 0 fully saturated rings. The zero-order valence-corrected chi connectivity index (χ0v) is 8.47. The van der Waals surface area contributed by atoms with Crippen molar-refractivity contribution in [2.45, 2.75) is 19.8 Å². The van der Waals surface area contributed by atoms with Gasteiger partial charge in [-0.3, -0.25) is 0 Å². The van der Waals surface area contributed by atoms with Gasteiger partial charge in [0.15, 0.2) is 5.82 Å². The Bertz CT molecular complexity index is 451. The van der Waals surface area contributed by atoms with Gasteiger partial charge in [-0.1, -0.05) is 17.3 Å². The van der Waals surface area contributed by atoms with Crippen LogP contribution in [0.2, 0.25) is 0 Å². The molecule has 2 aromatic rings. The molecule has 0 atom stereocenters. The summed E-state index contributed by atoms with van der Waals surface area (Å²) < 4.78 is 4.99. The van der Waals surface area contributed by atoms with Gasteiger partial charge in [-0.2, -0.15) is 4.98 Å². The van der Waals surface area contributed by atoms with Crippen molar-refractivity contribution in [1.29, 1.82) is 0 Å². The number of phenolic OH excluding ortho intramolecular Hbond substituents is 1. The fourth-order valence-electron chi connectivity index (χ4n) is 1.40. The largest absolute Gasteiger partial charge is 0.508 e. The lowest BCUT2D eigenvalue weighted by Crippen LogP contribution is -1.91. The number of benzene rings is 1. The van der Waals surface area contributed by atoms with Crippen LogP contribution >= 0.6 is 0 Å². The molecule has 0 amide bonds. The fourth-order valence-corrected chi connectivity index (χ4v) is 1.40. The van der Waals surface area contributed by atoms with Crippen LogP contribution in [-0.2, 0) is 12.8 Å². The highest BCUT2D eigenvalue weighted by Gasteiger charge is 2.03. The molecule has 0 radical (unpaired) electrons. The van der Waals surface area contributed by atoms with Crippen molar-refractivity contribution in [2.75, 3.05) is 0 Å². The summed E-state index contributed by atoms with van der Waals surface area (Å²) in [6, 6.07) is 7.18. The summed E-state index contributed by atoms with van der Waals surface area (Å²) in [7, 11) is 0. The maximum Gasteiger partial charge on any atom is 0.226 e. The van der Waals surface area contributed by atoms with Crippen molar-refractivity contribution in [3.63, 3.8) is 0 Å². The second-order valence-electron chi connectivity index (χ2n) is 3.41. The van der Waals surface area contributed by atoms with Crippen LogP contribution < -0.4 is 0 Å². The number of phenols is 1. The summed E-state index contributed by atoms with van der Waals surface area (Å²) in [6.45, 7) is 1.79. The Labute approximate surface area is 87.6 Å². The molecule has 1 aromatic heterocycles. The first-order valence-corrected chi connectivity index (χ1v) is 4.81. The SMILES string of the molecule is Cc1noc(CCc2cccc(O)c2)n1. The first-order valence-electron chi connectivity index (χ1n) is 4.81. The molecule has 0 spiro atoms. The summed E-state index contributed by atoms with van der Waals surface area (Å²) in [4.78, 5) is 4.11. The highest BCUT2D eigenvalue weighted by molar-refractivity contribution is 5.27. The van der Waals surface area contributed by atoms with Crippen molar-refractivity contribution < 1.29 is 9.63 Å². The Hall–Kier alpha value is -1.84. The van der Waals surface area contributed by atoms with E-state index in [-0.39, 0.29) is 5.75 Å². The smallest absolute Gasteiger partial charge is 0.226 e. The molecule has 1 aromatic carbocycles. The first kappa shape index (κ1) is 9.71. The Morgan fingerprint density at radius 1 is 1.33 bits per heavy atom. The van der Waals surface area contributed by atoms with E-state index >= 15 is 0 Å². The van der Waals surface area contributed by atoms with Crippen LogP contribution in [-0.4, -0.2) is 15.2 Å². The molecule has 0 saturated carbocycles. The van der Waals surface area contributed by atoms with Crippen LogP contribution in [0.25, 0.3) is 0 Å². The normalized spacial score (nSPS) is 10.5. The molecule has 1 heterocycles. The standard InChI is InChI=1S/C11H12N2O2/c1-8-12-11(15-13-8)6-5-9-3-2-4-10(14)7-9/h2-4,7,14H,5-6H2,1H3. The number of aromatic hydroxyl groups is 1. The third-order valence-corrected chi connectivity index (χ3v) is 2.11. The molecule has 1 N–H and O–H groups in total. The number of aromatic nitrogens is 2. The Kier molecular flexibility index (Phi) is 2.67. The Morgan fingerprint density at radius 3 is 2.87 bits per heavy atom. The zero-order chi connectivity index (χ0) is 10.7. The van der Waals surface area contributed by atoms with Gasteiger partial charge in [-0.25, -0.2) is 0 Å². The summed E-state index contributed by atoms with van der Waals surface area (Å²) in [5.41, 5.74) is 1.06. The topological polar surface area (TPSA) is 59.2 Å². The number of rotatable bonds is 3. The molecule has 78 valence electrons. The van der Waals surface area contributed by atoms with Crippen molar-refractivity contribution in [2.24, 2.45) is 0 Å². The van der Waals surface area contributed by atoms with Gasteiger partial charge in [0.2, 0.25) is 5.89 Å². The molecule has 4 nitrogen and oxygen atoms in total. The Balaban J connectivity index is 1.99. The summed E-state index contributed by atoms with van der Waals surface area (Å²) in [6.07, 6.45) is 1.49. The molecule has 0 aliphatic heterocycles. The average molecular weight is 204 g/mol. The number of hydrogen-bond donors (Lipinski definition) is 1. The molecule has 0 bridgehead atoms. The molecule has 0 unspecified atom stereocenters. The van der Waals surface area contributed by atoms with E-state index in [1.165, 1.54) is 0 Å². The van der Waals surface area contributed by atoms with E-state index in [9.17, 15) is 5.11 Å². The molecule has 4 heteroatoms. The van der Waals surface area contributed by atoms with Crippen molar-refractivity contribution in [3.8, 4) is 5.75 Å². The van der Waals surface area contributed by atoms with Gasteiger partial charge in [0.05, 0.1) is 0 Å². The number of nitrogens with zero attached hydrogens (tertiary/aromatic N) is 2. The van der Waals surface area contributed by atoms with E-state index in [4.69, 9.17) is 4.52 Å². The van der Waals surface area contributed by atoms with Crippen molar-refractivity contribution >= 4 is 0 Å². The van der Waals surface area contributed by atoms with Crippen LogP contribution in [0.4, 0.5) is 0 Å². The number of aryl methyl sites for hydroxylation is 3. The average Bonchev–Trinajstić information content (AvgIpc) is 2.62. The summed E-state index contributed by atoms with van der Waals surface area (Å²) >= 11 is 0. The monoisotopic (exact) mass is 204 g/mol. The molecular formula is C11H12N2O2. The fraction of sp³-hybridized carbons (Fsp3) is 0.273. The van der Waals surface area contributed by atoms with Gasteiger partial charge >= 0.3 is 0 Å². The van der Waals surface area contributed by atoms with Gasteiger partial charge in [0.25, 0.3) is 0 Å². The lowest BCUT2D eigenvalue weighted by Gasteiger charge is -1.98. The zero-order valence-electron chi connectivity index (χ0n) is 8.47. The first-order chi connectivity index (χ1) is 7.24. The minimum atomic E-state index is 0.286. The van der Waals surface area contributed by atoms with Crippen LogP contribution in [0.15, 0.2) is 28.8 Å². The molecular weight excluding hydrogens is 192 g/mol. The van der Waals surface area contributed by atoms with E-state index in [0.29, 0.717) is 18.1 Å². The lowest BCUT2D eigenvalue weighted by atomic mass is 10.1. The van der Waals surface area contributed by atoms with E-state index in [1.807, 2.05) is 12.1 Å². The molecule has 15 heavy (non-hydrogen) atoms. The summed E-state index contributed by atoms with van der Waals surface area (Å²) in [5, 5.41) is 13.0. The van der Waals surface area contributed by atoms with Crippen LogP contribution in [0.5, 0.6) is 5.75 Å². The lowest BCUT2D eigenvalue weighted by molar-refractivity contribution is 0.374. The van der Waals surface area contributed by atoms with Gasteiger partial charge in [0, 0.05) is 6.42 Å². The molecule has 0 saturated heterocycles. The van der Waals surface area contributed by atoms with E-state index in [1.54, 1.807) is 19.1 Å². The number of hydrogen-bond acceptors (Lipinski definition) is 4. The van der Waals surface area contributed by atoms with Crippen molar-refractivity contribution in [3.05, 3.63) is 41.5 Å². The van der Waals surface area contributed by atoms with Crippen LogP contribution in [0.1, 0.15) is 17.3 Å². The van der Waals surface area contributed by atoms with Crippen LogP contribution in [0, 0.1) is 6.92 Å². The maximum atomic E-state index is 9.26. The minimum Gasteiger partial charge on any atom is -0.508 e. The van der Waals surface area contributed by atoms with Gasteiger partial charge in [-0.15, -0.1) is 0 Å². The predicted molar refractivity (Wildman–Crippen MR) is 54.5 cm³/mol. The maximum absolute atomic E-state index is 9.26. The highest BCUT2D eigenvalue weighted by atomic mass is 16.5. The van der Waals surface area contributed by atoms with E-state index < -0.39 is 0 Å². The summed E-state index contributed by atoms with van der Waals surface area (Å²) in [5.74, 6) is 1.57. The second-order valence-corrected chi connectivity index (χ2v) is 3.41.